The summed E-state index contributed by atoms with van der Waals surface area (Å²) in [5.41, 5.74) is 6.67. The van der Waals surface area contributed by atoms with E-state index in [4.69, 9.17) is 10.2 Å². The largest absolute Gasteiger partial charge is 0.508 e. The minimum absolute atomic E-state index is 0.156. The lowest BCUT2D eigenvalue weighted by molar-refractivity contribution is 0.450. The maximum atomic E-state index is 11.0. The second-order valence-corrected chi connectivity index (χ2v) is 5.52. The molecule has 0 aliphatic carbocycles. The first-order valence-electron chi connectivity index (χ1n) is 4.89. The van der Waals surface area contributed by atoms with Gasteiger partial charge in [0.1, 0.15) is 11.3 Å². The molecule has 1 heterocycles. The van der Waals surface area contributed by atoms with Gasteiger partial charge in [0.2, 0.25) is 0 Å². The third-order valence-electron chi connectivity index (χ3n) is 2.18. The Morgan fingerprint density at radius 1 is 1.50 bits per heavy atom. The number of phenolic OH excluding ortho intramolecular Hbond substituents is 1. The molecule has 16 heavy (non-hydrogen) atoms. The summed E-state index contributed by atoms with van der Waals surface area (Å²) in [5.74, 6) is 0.156. The number of aromatic hydroxyl groups is 1. The Morgan fingerprint density at radius 2 is 2.19 bits per heavy atom. The predicted molar refractivity (Wildman–Crippen MR) is 64.0 cm³/mol. The van der Waals surface area contributed by atoms with E-state index in [0.29, 0.717) is 22.3 Å². The zero-order valence-electron chi connectivity index (χ0n) is 9.11. The second-order valence-electron chi connectivity index (χ2n) is 4.55. The predicted octanol–water partition coefficient (Wildman–Crippen LogP) is 1.84. The van der Waals surface area contributed by atoms with Gasteiger partial charge in [-0.15, -0.1) is 0 Å². The molecular formula is C11H13NO3S. The van der Waals surface area contributed by atoms with Gasteiger partial charge in [0.25, 0.3) is 0 Å². The van der Waals surface area contributed by atoms with Crippen molar-refractivity contribution in [3.8, 4) is 5.75 Å². The van der Waals surface area contributed by atoms with E-state index in [1.807, 2.05) is 13.8 Å². The molecule has 0 atom stereocenters. The van der Waals surface area contributed by atoms with Gasteiger partial charge in [0, 0.05) is 11.6 Å². The van der Waals surface area contributed by atoms with Crippen LogP contribution in [0.2, 0.25) is 0 Å². The van der Waals surface area contributed by atoms with Crippen LogP contribution in [0.15, 0.2) is 21.3 Å². The maximum Gasteiger partial charge on any atom is 0.396 e. The van der Waals surface area contributed by atoms with E-state index < -0.39 is 5.54 Å². The lowest BCUT2D eigenvalue weighted by Crippen LogP contribution is -2.34. The molecule has 0 amide bonds. The molecule has 2 rings (SSSR count). The van der Waals surface area contributed by atoms with E-state index in [-0.39, 0.29) is 10.7 Å². The van der Waals surface area contributed by atoms with E-state index in [2.05, 4.69) is 0 Å². The van der Waals surface area contributed by atoms with E-state index in [1.54, 1.807) is 12.1 Å². The zero-order valence-corrected chi connectivity index (χ0v) is 9.93. The normalized spacial score (nSPS) is 12.2. The minimum atomic E-state index is -0.415. The van der Waals surface area contributed by atoms with Crippen LogP contribution in [0.1, 0.15) is 19.4 Å². The molecule has 4 nitrogen and oxygen atoms in total. The Bertz CT molecular complexity index is 577. The van der Waals surface area contributed by atoms with Crippen molar-refractivity contribution in [2.75, 3.05) is 0 Å². The molecule has 0 fully saturated rings. The topological polar surface area (TPSA) is 76.5 Å². The molecule has 1 aromatic heterocycles. The fourth-order valence-electron chi connectivity index (χ4n) is 1.58. The van der Waals surface area contributed by atoms with Gasteiger partial charge in [-0.2, -0.15) is 0 Å². The third kappa shape index (κ3) is 2.25. The average Bonchev–Trinajstić information content (AvgIpc) is 2.42. The number of hydrogen-bond donors (Lipinski definition) is 2. The van der Waals surface area contributed by atoms with Gasteiger partial charge in [-0.3, -0.25) is 0 Å². The molecule has 0 spiro atoms. The molecule has 0 bridgehead atoms. The first-order valence-corrected chi connectivity index (χ1v) is 5.71. The van der Waals surface area contributed by atoms with Crippen LogP contribution in [0, 0.1) is 0 Å². The van der Waals surface area contributed by atoms with Gasteiger partial charge in [-0.25, -0.2) is 4.79 Å². The Kier molecular flexibility index (Phi) is 2.52. The van der Waals surface area contributed by atoms with Crippen molar-refractivity contribution >= 4 is 21.6 Å². The number of nitrogens with two attached hydrogens (primary N) is 1. The van der Waals surface area contributed by atoms with Crippen molar-refractivity contribution in [1.29, 1.82) is 0 Å². The van der Waals surface area contributed by atoms with Crippen LogP contribution >= 0.6 is 11.3 Å². The Labute approximate surface area is 96.3 Å². The highest BCUT2D eigenvalue weighted by atomic mass is 32.1. The van der Waals surface area contributed by atoms with Crippen LogP contribution in [0.5, 0.6) is 5.75 Å². The van der Waals surface area contributed by atoms with Gasteiger partial charge in [-0.05, 0) is 31.9 Å². The lowest BCUT2D eigenvalue weighted by Gasteiger charge is -2.18. The Balaban J connectivity index is 2.53. The van der Waals surface area contributed by atoms with E-state index in [0.717, 1.165) is 11.3 Å². The van der Waals surface area contributed by atoms with Gasteiger partial charge in [0.15, 0.2) is 0 Å². The molecular weight excluding hydrogens is 226 g/mol. The van der Waals surface area contributed by atoms with Crippen LogP contribution in [-0.2, 0) is 6.42 Å². The summed E-state index contributed by atoms with van der Waals surface area (Å²) >= 11 is 0.980. The fourth-order valence-corrected chi connectivity index (χ4v) is 2.27. The second kappa shape index (κ2) is 3.61. The van der Waals surface area contributed by atoms with Gasteiger partial charge >= 0.3 is 4.94 Å². The first-order chi connectivity index (χ1) is 7.35. The number of hydrogen-bond acceptors (Lipinski definition) is 5. The quantitative estimate of drug-likeness (QED) is 0.838. The van der Waals surface area contributed by atoms with Crippen molar-refractivity contribution < 1.29 is 9.52 Å². The highest BCUT2D eigenvalue weighted by Crippen LogP contribution is 2.28. The van der Waals surface area contributed by atoms with Crippen molar-refractivity contribution in [2.24, 2.45) is 5.73 Å². The molecule has 0 aliphatic rings. The van der Waals surface area contributed by atoms with Gasteiger partial charge in [-0.1, -0.05) is 11.3 Å². The SMILES string of the molecule is CC(C)(N)Cc1cc2oc(=O)sc2cc1O. The lowest BCUT2D eigenvalue weighted by atomic mass is 9.95. The first kappa shape index (κ1) is 11.2. The highest BCUT2D eigenvalue weighted by molar-refractivity contribution is 7.16. The summed E-state index contributed by atoms with van der Waals surface area (Å²) in [4.78, 5) is 10.7. The number of rotatable bonds is 2. The summed E-state index contributed by atoms with van der Waals surface area (Å²) in [5, 5.41) is 9.79. The Hall–Kier alpha value is -1.33. The highest BCUT2D eigenvalue weighted by Gasteiger charge is 2.16. The Morgan fingerprint density at radius 3 is 2.81 bits per heavy atom. The minimum Gasteiger partial charge on any atom is -0.508 e. The number of benzene rings is 1. The van der Waals surface area contributed by atoms with Crippen LogP contribution in [0.3, 0.4) is 0 Å². The van der Waals surface area contributed by atoms with Crippen LogP contribution in [-0.4, -0.2) is 10.6 Å². The van der Waals surface area contributed by atoms with Gasteiger partial charge < -0.3 is 15.3 Å². The molecule has 0 radical (unpaired) electrons. The molecule has 5 heteroatoms. The number of phenols is 1. The van der Waals surface area contributed by atoms with E-state index in [1.165, 1.54) is 0 Å². The van der Waals surface area contributed by atoms with Crippen molar-refractivity contribution in [1.82, 2.24) is 0 Å². The summed E-state index contributed by atoms with van der Waals surface area (Å²) in [6.45, 7) is 3.75. The molecule has 86 valence electrons. The summed E-state index contributed by atoms with van der Waals surface area (Å²) in [6.07, 6.45) is 0.522. The van der Waals surface area contributed by atoms with Gasteiger partial charge in [0.05, 0.1) is 4.70 Å². The molecule has 1 aromatic carbocycles. The van der Waals surface area contributed by atoms with Crippen molar-refractivity contribution in [2.45, 2.75) is 25.8 Å². The fraction of sp³-hybridized carbons (Fsp3) is 0.364. The molecule has 3 N–H and O–H groups in total. The molecule has 0 unspecified atom stereocenters. The third-order valence-corrected chi connectivity index (χ3v) is 2.97. The van der Waals surface area contributed by atoms with Crippen molar-refractivity contribution in [3.05, 3.63) is 27.4 Å². The monoisotopic (exact) mass is 239 g/mol. The van der Waals surface area contributed by atoms with Crippen LogP contribution in [0.4, 0.5) is 0 Å². The molecule has 0 saturated carbocycles. The standard InChI is InChI=1S/C11H13NO3S/c1-11(2,12)5-6-3-8-9(4-7(6)13)16-10(14)15-8/h3-4,13H,5,12H2,1-2H3. The molecule has 2 aromatic rings. The van der Waals surface area contributed by atoms with E-state index >= 15 is 0 Å². The molecule has 0 aliphatic heterocycles. The average molecular weight is 239 g/mol. The zero-order chi connectivity index (χ0) is 11.9. The van der Waals surface area contributed by atoms with E-state index in [9.17, 15) is 9.90 Å². The number of fused-ring (bicyclic) bond motifs is 1. The van der Waals surface area contributed by atoms with Crippen LogP contribution < -0.4 is 10.7 Å². The summed E-state index contributed by atoms with van der Waals surface area (Å²) in [6, 6.07) is 3.23. The molecule has 0 saturated heterocycles. The summed E-state index contributed by atoms with van der Waals surface area (Å²) in [7, 11) is 0. The smallest absolute Gasteiger partial charge is 0.396 e. The maximum absolute atomic E-state index is 11.0. The van der Waals surface area contributed by atoms with Crippen molar-refractivity contribution in [3.63, 3.8) is 0 Å². The summed E-state index contributed by atoms with van der Waals surface area (Å²) < 4.78 is 5.64. The van der Waals surface area contributed by atoms with Crippen LogP contribution in [0.25, 0.3) is 10.3 Å².